The number of aliphatic hydroxyl groups is 1. The van der Waals surface area contributed by atoms with Crippen LogP contribution in [-0.2, 0) is 14.2 Å². The quantitative estimate of drug-likeness (QED) is 0.222. The van der Waals surface area contributed by atoms with Crippen LogP contribution in [0.15, 0.2) is 88.3 Å². The predicted molar refractivity (Wildman–Crippen MR) is 181 cm³/mol. The number of nitrogens with zero attached hydrogens (tertiary/aromatic N) is 1. The summed E-state index contributed by atoms with van der Waals surface area (Å²) in [6.07, 6.45) is 1.73. The van der Waals surface area contributed by atoms with Gasteiger partial charge in [-0.25, -0.2) is 14.0 Å². The summed E-state index contributed by atoms with van der Waals surface area (Å²) in [6, 6.07) is 17.8. The summed E-state index contributed by atoms with van der Waals surface area (Å²) >= 11 is 0. The molecule has 0 radical (unpaired) electrons. The van der Waals surface area contributed by atoms with E-state index in [2.05, 4.69) is 18.8 Å². The molecule has 4 heterocycles. The molecule has 2 aliphatic carbocycles. The highest BCUT2D eigenvalue weighted by molar-refractivity contribution is 5.89. The van der Waals surface area contributed by atoms with Crippen LogP contribution in [0.4, 0.5) is 4.39 Å². The maximum Gasteiger partial charge on any atom is 0.345 e. The number of halogens is 1. The number of para-hydroxylation sites is 1. The summed E-state index contributed by atoms with van der Waals surface area (Å²) < 4.78 is 51.5. The van der Waals surface area contributed by atoms with E-state index >= 15 is 0 Å². The van der Waals surface area contributed by atoms with Crippen LogP contribution in [0.3, 0.4) is 0 Å². The van der Waals surface area contributed by atoms with Gasteiger partial charge in [-0.1, -0.05) is 32.0 Å². The summed E-state index contributed by atoms with van der Waals surface area (Å²) in [5.74, 6) is -0.997. The van der Waals surface area contributed by atoms with Crippen molar-refractivity contribution in [3.8, 4) is 22.8 Å². The summed E-state index contributed by atoms with van der Waals surface area (Å²) in [6.45, 7) is 6.41. The fraction of sp³-hybridized carbons (Fsp3) is 0.425. The zero-order chi connectivity index (χ0) is 35.7. The molecule has 266 valence electrons. The minimum absolute atomic E-state index is 0.0234. The molecular weight excluding hydrogens is 657 g/mol. The van der Waals surface area contributed by atoms with E-state index in [0.29, 0.717) is 37.2 Å². The van der Waals surface area contributed by atoms with E-state index in [9.17, 15) is 19.1 Å². The highest BCUT2D eigenvalue weighted by Crippen LogP contribution is 2.68. The average Bonchev–Trinajstić information content (AvgIpc) is 3.12. The molecule has 8 rings (SSSR count). The van der Waals surface area contributed by atoms with Crippen molar-refractivity contribution in [2.45, 2.75) is 70.2 Å². The molecule has 1 N–H and O–H groups in total. The first-order valence-corrected chi connectivity index (χ1v) is 17.3. The second kappa shape index (κ2) is 12.3. The van der Waals surface area contributed by atoms with Crippen molar-refractivity contribution in [2.75, 3.05) is 13.7 Å². The lowest BCUT2D eigenvalue weighted by atomic mass is 9.42. The van der Waals surface area contributed by atoms with Crippen LogP contribution in [0.5, 0.6) is 11.5 Å². The lowest BCUT2D eigenvalue weighted by Gasteiger charge is -2.67. The molecule has 0 amide bonds. The van der Waals surface area contributed by atoms with E-state index in [-0.39, 0.29) is 34.7 Å². The Morgan fingerprint density at radius 3 is 2.57 bits per heavy atom. The van der Waals surface area contributed by atoms with Crippen LogP contribution in [0, 0.1) is 28.5 Å². The lowest BCUT2D eigenvalue weighted by Crippen LogP contribution is -2.71. The van der Waals surface area contributed by atoms with Crippen LogP contribution in [0.2, 0.25) is 0 Å². The molecule has 2 aromatic heterocycles. The molecule has 0 bridgehead atoms. The van der Waals surface area contributed by atoms with E-state index in [1.54, 1.807) is 37.7 Å². The van der Waals surface area contributed by atoms with Gasteiger partial charge < -0.3 is 33.2 Å². The third-order valence-corrected chi connectivity index (χ3v) is 12.1. The van der Waals surface area contributed by atoms with E-state index in [1.165, 1.54) is 24.3 Å². The zero-order valence-corrected chi connectivity index (χ0v) is 28.8. The maximum atomic E-state index is 13.8. The van der Waals surface area contributed by atoms with Crippen LogP contribution >= 0.6 is 0 Å². The number of aliphatic hydroxyl groups excluding tert-OH is 1. The first-order chi connectivity index (χ1) is 24.5. The Bertz CT molecular complexity index is 2020. The number of pyridine rings is 1. The van der Waals surface area contributed by atoms with Crippen molar-refractivity contribution in [2.24, 2.45) is 22.7 Å². The molecule has 4 aromatic rings. The second-order valence-corrected chi connectivity index (χ2v) is 14.9. The van der Waals surface area contributed by atoms with Crippen molar-refractivity contribution in [3.05, 3.63) is 112 Å². The van der Waals surface area contributed by atoms with Crippen molar-refractivity contribution >= 4 is 5.97 Å². The standard InChI is InChI=1S/C40H40FNO9/c1-38-16-15-30-39(2,21-47-37(50-30)25-9-5-6-10-26(25)46-4)29(38)19-31(49-35(44)22-11-13-24(41)14-12-22)40(3)34(38)33(43)32-28(51-40)18-27(48-36(32)45)23-8-7-17-42-20-23/h5-14,17-18,20,29-31,33-34,37,43H,15-16,19,21H2,1-4H3/t29?,30-,31-,33-,34?,37+,38-,39-,40+/m0/s1. The van der Waals surface area contributed by atoms with Gasteiger partial charge in [-0.15, -0.1) is 0 Å². The fourth-order valence-corrected chi connectivity index (χ4v) is 9.66. The fourth-order valence-electron chi connectivity index (χ4n) is 9.66. The van der Waals surface area contributed by atoms with Crippen molar-refractivity contribution in [1.82, 2.24) is 4.98 Å². The summed E-state index contributed by atoms with van der Waals surface area (Å²) in [5.41, 5.74) is -1.65. The Hall–Kier alpha value is -4.58. The Morgan fingerprint density at radius 1 is 1.04 bits per heavy atom. The minimum Gasteiger partial charge on any atom is -0.496 e. The van der Waals surface area contributed by atoms with Gasteiger partial charge in [0.1, 0.15) is 40.3 Å². The Morgan fingerprint density at radius 2 is 1.82 bits per heavy atom. The number of aromatic nitrogens is 1. The van der Waals surface area contributed by atoms with Crippen LogP contribution < -0.4 is 15.1 Å². The van der Waals surface area contributed by atoms with Crippen LogP contribution in [0.1, 0.15) is 73.9 Å². The van der Waals surface area contributed by atoms with Gasteiger partial charge in [-0.3, -0.25) is 4.98 Å². The number of methoxy groups -OCH3 is 1. The van der Waals surface area contributed by atoms with E-state index in [1.807, 2.05) is 31.2 Å². The lowest BCUT2D eigenvalue weighted by molar-refractivity contribution is -0.330. The maximum absolute atomic E-state index is 13.8. The molecule has 51 heavy (non-hydrogen) atoms. The molecule has 2 aliphatic heterocycles. The Balaban J connectivity index is 1.20. The second-order valence-electron chi connectivity index (χ2n) is 14.9. The number of fused-ring (bicyclic) bond motifs is 6. The van der Waals surface area contributed by atoms with Crippen LogP contribution in [-0.4, -0.2) is 47.6 Å². The van der Waals surface area contributed by atoms with Gasteiger partial charge in [0.05, 0.1) is 31.5 Å². The topological polar surface area (TPSA) is 127 Å². The Kier molecular flexibility index (Phi) is 8.08. The van der Waals surface area contributed by atoms with E-state index in [4.69, 9.17) is 28.1 Å². The smallest absolute Gasteiger partial charge is 0.345 e. The summed E-state index contributed by atoms with van der Waals surface area (Å²) in [4.78, 5) is 31.6. The Labute approximate surface area is 294 Å². The molecule has 11 heteroatoms. The highest BCUT2D eigenvalue weighted by Gasteiger charge is 2.71. The summed E-state index contributed by atoms with van der Waals surface area (Å²) in [5, 5.41) is 12.4. The van der Waals surface area contributed by atoms with Crippen molar-refractivity contribution < 1.29 is 42.4 Å². The summed E-state index contributed by atoms with van der Waals surface area (Å²) in [7, 11) is 1.61. The number of carbonyl (C=O) groups excluding carboxylic acids is 1. The largest absolute Gasteiger partial charge is 0.496 e. The van der Waals surface area contributed by atoms with Gasteiger partial charge >= 0.3 is 11.6 Å². The highest BCUT2D eigenvalue weighted by atomic mass is 19.1. The SMILES string of the molecule is COc1ccccc1[C@@H]1OC[C@@]2(C)C3C[C@H](OC(=O)c4ccc(F)cc4)[C@@]4(C)Oc5cc(-c6cccnc6)oc(=O)c5[C@H](O)C4[C@@]3(C)CC[C@@H]2O1. The molecule has 0 spiro atoms. The van der Waals surface area contributed by atoms with Gasteiger partial charge in [0, 0.05) is 40.9 Å². The number of ether oxygens (including phenoxy) is 5. The number of carbonyl (C=O) groups is 1. The third kappa shape index (κ3) is 5.27. The van der Waals surface area contributed by atoms with Gasteiger partial charge in [0.2, 0.25) is 0 Å². The number of benzene rings is 2. The molecule has 2 unspecified atom stereocenters. The van der Waals surface area contributed by atoms with E-state index < -0.39 is 58.3 Å². The predicted octanol–water partition coefficient (Wildman–Crippen LogP) is 6.82. The molecule has 9 atom stereocenters. The molecule has 3 fully saturated rings. The van der Waals surface area contributed by atoms with Gasteiger partial charge in [0.25, 0.3) is 0 Å². The van der Waals surface area contributed by atoms with Gasteiger partial charge in [-0.05, 0) is 80.0 Å². The number of esters is 1. The average molecular weight is 698 g/mol. The molecule has 4 aliphatic rings. The first-order valence-electron chi connectivity index (χ1n) is 17.3. The van der Waals surface area contributed by atoms with Crippen LogP contribution in [0.25, 0.3) is 11.3 Å². The van der Waals surface area contributed by atoms with E-state index in [0.717, 1.165) is 5.56 Å². The number of hydrogen-bond acceptors (Lipinski definition) is 10. The monoisotopic (exact) mass is 697 g/mol. The first kappa shape index (κ1) is 33.6. The molecule has 2 saturated carbocycles. The molecule has 10 nitrogen and oxygen atoms in total. The molecule has 2 aromatic carbocycles. The zero-order valence-electron chi connectivity index (χ0n) is 28.8. The normalized spacial score (nSPS) is 33.8. The molecule has 1 saturated heterocycles. The van der Waals surface area contributed by atoms with Gasteiger partial charge in [-0.2, -0.15) is 0 Å². The minimum atomic E-state index is -1.32. The number of rotatable bonds is 5. The van der Waals surface area contributed by atoms with Crippen molar-refractivity contribution in [3.63, 3.8) is 0 Å². The van der Waals surface area contributed by atoms with Gasteiger partial charge in [0.15, 0.2) is 6.29 Å². The van der Waals surface area contributed by atoms with Crippen molar-refractivity contribution in [1.29, 1.82) is 0 Å². The third-order valence-electron chi connectivity index (χ3n) is 12.1. The molecular formula is C40H40FNO9. The number of hydrogen-bond donors (Lipinski definition) is 1.